The smallest absolute Gasteiger partial charge is 0.289 e. The van der Waals surface area contributed by atoms with Crippen LogP contribution in [0.3, 0.4) is 0 Å². The van der Waals surface area contributed by atoms with Gasteiger partial charge < -0.3 is 9.32 Å². The van der Waals surface area contributed by atoms with Gasteiger partial charge in [-0.05, 0) is 44.0 Å². The van der Waals surface area contributed by atoms with E-state index in [2.05, 4.69) is 5.10 Å². The van der Waals surface area contributed by atoms with Crippen molar-refractivity contribution in [3.05, 3.63) is 52.5 Å². The number of aromatic nitrogens is 2. The molecule has 0 atom stereocenters. The number of aryl methyl sites for hydroxylation is 3. The average molecular weight is 346 g/mol. The Hall–Kier alpha value is -2.27. The molecule has 0 spiro atoms. The third kappa shape index (κ3) is 3.17. The number of nitrogens with zero attached hydrogens (tertiary/aromatic N) is 3. The molecule has 3 aromatic rings. The number of rotatable bonds is 5. The number of benzene rings is 1. The first-order valence-electron chi connectivity index (χ1n) is 7.89. The lowest BCUT2D eigenvalue weighted by Gasteiger charge is -2.16. The molecule has 6 heteroatoms. The molecule has 0 aliphatic rings. The van der Waals surface area contributed by atoms with E-state index in [9.17, 15) is 4.79 Å². The van der Waals surface area contributed by atoms with Gasteiger partial charge in [-0.15, -0.1) is 0 Å². The molecule has 2 heterocycles. The summed E-state index contributed by atoms with van der Waals surface area (Å²) in [5, 5.41) is 5.59. The normalized spacial score (nSPS) is 11.2. The van der Waals surface area contributed by atoms with Crippen LogP contribution in [0.15, 0.2) is 35.0 Å². The number of hydrogen-bond acceptors (Lipinski definition) is 3. The average Bonchev–Trinajstić information content (AvgIpc) is 3.16. The molecule has 1 amide bonds. The molecule has 2 aromatic heterocycles. The van der Waals surface area contributed by atoms with Crippen LogP contribution in [0.1, 0.15) is 28.1 Å². The second-order valence-electron chi connectivity index (χ2n) is 6.03. The molecular weight excluding hydrogens is 326 g/mol. The summed E-state index contributed by atoms with van der Waals surface area (Å²) in [5.41, 5.74) is 2.45. The predicted octanol–water partition coefficient (Wildman–Crippen LogP) is 4.06. The van der Waals surface area contributed by atoms with Crippen LogP contribution in [0.2, 0.25) is 5.02 Å². The summed E-state index contributed by atoms with van der Waals surface area (Å²) in [5.74, 6) is 0.233. The zero-order chi connectivity index (χ0) is 17.3. The van der Waals surface area contributed by atoms with Crippen LogP contribution in [0.4, 0.5) is 0 Å². The van der Waals surface area contributed by atoms with Gasteiger partial charge in [0.15, 0.2) is 11.3 Å². The van der Waals surface area contributed by atoms with Gasteiger partial charge in [0.05, 0.1) is 5.02 Å². The Bertz CT molecular complexity index is 868. The monoisotopic (exact) mass is 345 g/mol. The van der Waals surface area contributed by atoms with E-state index in [0.29, 0.717) is 22.9 Å². The molecule has 0 unspecified atom stereocenters. The number of amides is 1. The molecule has 0 N–H and O–H groups in total. The quantitative estimate of drug-likeness (QED) is 0.700. The van der Waals surface area contributed by atoms with Gasteiger partial charge in [0.1, 0.15) is 0 Å². The third-order valence-corrected chi connectivity index (χ3v) is 4.40. The summed E-state index contributed by atoms with van der Waals surface area (Å²) in [7, 11) is 1.78. The van der Waals surface area contributed by atoms with E-state index < -0.39 is 0 Å². The lowest BCUT2D eigenvalue weighted by Crippen LogP contribution is -2.28. The van der Waals surface area contributed by atoms with E-state index in [1.54, 1.807) is 18.1 Å². The van der Waals surface area contributed by atoms with Gasteiger partial charge >= 0.3 is 0 Å². The molecule has 0 aliphatic carbocycles. The van der Waals surface area contributed by atoms with E-state index in [1.807, 2.05) is 42.9 Å². The topological polar surface area (TPSA) is 51.3 Å². The van der Waals surface area contributed by atoms with Crippen LogP contribution in [0.25, 0.3) is 11.0 Å². The molecule has 3 rings (SSSR count). The summed E-state index contributed by atoms with van der Waals surface area (Å²) in [6, 6.07) is 5.72. The fourth-order valence-electron chi connectivity index (χ4n) is 2.79. The fraction of sp³-hybridized carbons (Fsp3) is 0.333. The SMILES string of the molecule is Cc1cc(Cl)c2oc(C(=O)N(C)CCCn3cccn3)c(C)c2c1. The van der Waals surface area contributed by atoms with E-state index in [1.165, 1.54) is 0 Å². The number of carbonyl (C=O) groups excluding carboxylic acids is 1. The molecule has 5 nitrogen and oxygen atoms in total. The van der Waals surface area contributed by atoms with Gasteiger partial charge in [0.25, 0.3) is 5.91 Å². The zero-order valence-electron chi connectivity index (χ0n) is 14.0. The van der Waals surface area contributed by atoms with Crippen molar-refractivity contribution in [1.29, 1.82) is 0 Å². The second-order valence-corrected chi connectivity index (χ2v) is 6.44. The van der Waals surface area contributed by atoms with E-state index in [4.69, 9.17) is 16.0 Å². The lowest BCUT2D eigenvalue weighted by atomic mass is 10.1. The van der Waals surface area contributed by atoms with Crippen LogP contribution in [-0.4, -0.2) is 34.2 Å². The third-order valence-electron chi connectivity index (χ3n) is 4.12. The largest absolute Gasteiger partial charge is 0.449 e. The Balaban J connectivity index is 1.75. The zero-order valence-corrected chi connectivity index (χ0v) is 14.8. The molecule has 24 heavy (non-hydrogen) atoms. The molecule has 1 aromatic carbocycles. The van der Waals surface area contributed by atoms with Crippen molar-refractivity contribution in [2.45, 2.75) is 26.8 Å². The number of halogens is 1. The first kappa shape index (κ1) is 16.6. The highest BCUT2D eigenvalue weighted by atomic mass is 35.5. The minimum atomic E-state index is -0.127. The summed E-state index contributed by atoms with van der Waals surface area (Å²) in [6.07, 6.45) is 4.48. The van der Waals surface area contributed by atoms with Crippen molar-refractivity contribution >= 4 is 28.5 Å². The van der Waals surface area contributed by atoms with Crippen molar-refractivity contribution in [3.8, 4) is 0 Å². The minimum absolute atomic E-state index is 0.127. The van der Waals surface area contributed by atoms with E-state index >= 15 is 0 Å². The molecule has 0 fully saturated rings. The summed E-state index contributed by atoms with van der Waals surface area (Å²) >= 11 is 6.24. The maximum Gasteiger partial charge on any atom is 0.289 e. The van der Waals surface area contributed by atoms with Gasteiger partial charge in [-0.2, -0.15) is 5.10 Å². The van der Waals surface area contributed by atoms with Gasteiger partial charge in [-0.3, -0.25) is 9.48 Å². The highest BCUT2D eigenvalue weighted by Crippen LogP contribution is 2.32. The number of carbonyl (C=O) groups is 1. The van der Waals surface area contributed by atoms with Crippen molar-refractivity contribution in [3.63, 3.8) is 0 Å². The van der Waals surface area contributed by atoms with Crippen molar-refractivity contribution < 1.29 is 9.21 Å². The first-order valence-corrected chi connectivity index (χ1v) is 8.27. The summed E-state index contributed by atoms with van der Waals surface area (Å²) in [6.45, 7) is 5.27. The van der Waals surface area contributed by atoms with Crippen LogP contribution >= 0.6 is 11.6 Å². The maximum absolute atomic E-state index is 12.7. The number of hydrogen-bond donors (Lipinski definition) is 0. The number of furan rings is 1. The first-order chi connectivity index (χ1) is 11.5. The number of fused-ring (bicyclic) bond motifs is 1. The van der Waals surface area contributed by atoms with Crippen LogP contribution in [-0.2, 0) is 6.54 Å². The standard InChI is InChI=1S/C18H20ClN3O2/c1-12-10-14-13(2)16(24-17(14)15(19)11-12)18(23)21(3)7-5-9-22-8-4-6-20-22/h4,6,8,10-11H,5,7,9H2,1-3H3. The lowest BCUT2D eigenvalue weighted by molar-refractivity contribution is 0.0761. The fourth-order valence-corrected chi connectivity index (χ4v) is 3.11. The molecule has 0 radical (unpaired) electrons. The Morgan fingerprint density at radius 1 is 1.38 bits per heavy atom. The molecule has 0 aliphatic heterocycles. The molecular formula is C18H20ClN3O2. The van der Waals surface area contributed by atoms with Crippen molar-refractivity contribution in [1.82, 2.24) is 14.7 Å². The maximum atomic E-state index is 12.7. The Morgan fingerprint density at radius 3 is 2.88 bits per heavy atom. The van der Waals surface area contributed by atoms with Gasteiger partial charge in [-0.25, -0.2) is 0 Å². The minimum Gasteiger partial charge on any atom is -0.449 e. The molecule has 0 saturated carbocycles. The van der Waals surface area contributed by atoms with Crippen molar-refractivity contribution in [2.24, 2.45) is 0 Å². The predicted molar refractivity (Wildman–Crippen MR) is 94.5 cm³/mol. The van der Waals surface area contributed by atoms with E-state index in [0.717, 1.165) is 29.5 Å². The Morgan fingerprint density at radius 2 is 2.17 bits per heavy atom. The van der Waals surface area contributed by atoms with Gasteiger partial charge in [0.2, 0.25) is 0 Å². The van der Waals surface area contributed by atoms with E-state index in [-0.39, 0.29) is 5.91 Å². The molecule has 126 valence electrons. The Labute approximate surface area is 145 Å². The van der Waals surface area contributed by atoms with Crippen LogP contribution in [0.5, 0.6) is 0 Å². The van der Waals surface area contributed by atoms with Gasteiger partial charge in [0, 0.05) is 43.5 Å². The highest BCUT2D eigenvalue weighted by Gasteiger charge is 2.22. The van der Waals surface area contributed by atoms with Crippen LogP contribution in [0, 0.1) is 13.8 Å². The highest BCUT2D eigenvalue weighted by molar-refractivity contribution is 6.35. The van der Waals surface area contributed by atoms with Crippen molar-refractivity contribution in [2.75, 3.05) is 13.6 Å². The molecule has 0 bridgehead atoms. The van der Waals surface area contributed by atoms with Crippen LogP contribution < -0.4 is 0 Å². The summed E-state index contributed by atoms with van der Waals surface area (Å²) < 4.78 is 7.63. The summed E-state index contributed by atoms with van der Waals surface area (Å²) in [4.78, 5) is 14.4. The Kier molecular flexibility index (Phi) is 4.62. The second kappa shape index (κ2) is 6.69. The molecule has 0 saturated heterocycles. The van der Waals surface area contributed by atoms with Gasteiger partial charge in [-0.1, -0.05) is 11.6 Å².